The average Bonchev–Trinajstić information content (AvgIpc) is 2.69. The van der Waals surface area contributed by atoms with Crippen LogP contribution in [0, 0.1) is 19.8 Å². The zero-order valence-corrected chi connectivity index (χ0v) is 12.6. The second kappa shape index (κ2) is 5.65. The molecule has 0 N–H and O–H groups in total. The van der Waals surface area contributed by atoms with Crippen molar-refractivity contribution in [1.29, 1.82) is 0 Å². The zero-order valence-electron chi connectivity index (χ0n) is 11.8. The molecule has 4 nitrogen and oxygen atoms in total. The molecule has 2 heterocycles. The first kappa shape index (κ1) is 13.9. The summed E-state index contributed by atoms with van der Waals surface area (Å²) < 4.78 is 1.35. The molecule has 5 heteroatoms. The minimum absolute atomic E-state index is 0.0749. The van der Waals surface area contributed by atoms with Gasteiger partial charge in [0, 0.05) is 11.1 Å². The quantitative estimate of drug-likeness (QED) is 0.805. The summed E-state index contributed by atoms with van der Waals surface area (Å²) in [7, 11) is 0. The van der Waals surface area contributed by atoms with Crippen LogP contribution < -0.4 is 5.56 Å². The third-order valence-corrected chi connectivity index (χ3v) is 4.64. The monoisotopic (exact) mass is 277 g/mol. The second-order valence-corrected chi connectivity index (χ2v) is 5.90. The van der Waals surface area contributed by atoms with Crippen molar-refractivity contribution in [3.05, 3.63) is 27.1 Å². The van der Waals surface area contributed by atoms with Gasteiger partial charge in [0.2, 0.25) is 0 Å². The Balaban J connectivity index is 2.49. The van der Waals surface area contributed by atoms with Crippen LogP contribution in [0.25, 0.3) is 10.2 Å². The van der Waals surface area contributed by atoms with Crippen molar-refractivity contribution in [1.82, 2.24) is 9.66 Å². The molecule has 0 saturated carbocycles. The molecular weight excluding hydrogens is 258 g/mol. The molecule has 102 valence electrons. The molecule has 2 rings (SSSR count). The molecule has 0 fully saturated rings. The van der Waals surface area contributed by atoms with Crippen molar-refractivity contribution in [2.45, 2.75) is 40.5 Å². The van der Waals surface area contributed by atoms with Gasteiger partial charge in [0.1, 0.15) is 11.2 Å². The Morgan fingerprint density at radius 3 is 2.74 bits per heavy atom. The summed E-state index contributed by atoms with van der Waals surface area (Å²) in [6.07, 6.45) is 5.42. The van der Waals surface area contributed by atoms with Crippen LogP contribution in [0.15, 0.2) is 16.2 Å². The summed E-state index contributed by atoms with van der Waals surface area (Å²) in [5.41, 5.74) is 0.943. The largest absolute Gasteiger partial charge is 0.282 e. The van der Waals surface area contributed by atoms with Crippen molar-refractivity contribution in [2.75, 3.05) is 0 Å². The van der Waals surface area contributed by atoms with Gasteiger partial charge >= 0.3 is 0 Å². The second-order valence-electron chi connectivity index (χ2n) is 4.70. The number of nitrogens with zero attached hydrogens (tertiary/aromatic N) is 3. The van der Waals surface area contributed by atoms with E-state index >= 15 is 0 Å². The zero-order chi connectivity index (χ0) is 14.0. The van der Waals surface area contributed by atoms with Crippen LogP contribution in [0.3, 0.4) is 0 Å². The van der Waals surface area contributed by atoms with E-state index in [1.54, 1.807) is 11.3 Å². The molecule has 0 radical (unpaired) electrons. The number of hydrogen-bond acceptors (Lipinski definition) is 4. The Morgan fingerprint density at radius 2 is 2.11 bits per heavy atom. The summed E-state index contributed by atoms with van der Waals surface area (Å²) >= 11 is 1.56. The van der Waals surface area contributed by atoms with Crippen molar-refractivity contribution < 1.29 is 0 Å². The lowest BCUT2D eigenvalue weighted by Crippen LogP contribution is -2.17. The van der Waals surface area contributed by atoms with E-state index in [1.165, 1.54) is 11.0 Å². The van der Waals surface area contributed by atoms with E-state index in [0.29, 0.717) is 11.3 Å². The van der Waals surface area contributed by atoms with Crippen LogP contribution in [0.4, 0.5) is 0 Å². The van der Waals surface area contributed by atoms with Crippen LogP contribution in [0.5, 0.6) is 0 Å². The van der Waals surface area contributed by atoms with E-state index in [9.17, 15) is 4.79 Å². The first-order valence-corrected chi connectivity index (χ1v) is 7.41. The molecule has 0 aliphatic rings. The third kappa shape index (κ3) is 2.61. The molecule has 19 heavy (non-hydrogen) atoms. The highest BCUT2D eigenvalue weighted by Gasteiger charge is 2.11. The van der Waals surface area contributed by atoms with Gasteiger partial charge < -0.3 is 0 Å². The Kier molecular flexibility index (Phi) is 4.14. The summed E-state index contributed by atoms with van der Waals surface area (Å²) in [5, 5.41) is 4.97. The van der Waals surface area contributed by atoms with Crippen LogP contribution in [-0.2, 0) is 0 Å². The van der Waals surface area contributed by atoms with Gasteiger partial charge in [-0.25, -0.2) is 4.98 Å². The molecule has 0 spiro atoms. The van der Waals surface area contributed by atoms with Crippen LogP contribution in [-0.4, -0.2) is 15.9 Å². The molecule has 0 aromatic carbocycles. The Morgan fingerprint density at radius 1 is 1.42 bits per heavy atom. The Hall–Kier alpha value is -1.49. The maximum absolute atomic E-state index is 12.4. The van der Waals surface area contributed by atoms with Gasteiger partial charge in [-0.15, -0.1) is 11.3 Å². The van der Waals surface area contributed by atoms with Gasteiger partial charge in [-0.1, -0.05) is 13.8 Å². The molecule has 0 unspecified atom stereocenters. The first-order valence-electron chi connectivity index (χ1n) is 6.60. The molecule has 0 aliphatic carbocycles. The van der Waals surface area contributed by atoms with Crippen molar-refractivity contribution in [3.63, 3.8) is 0 Å². The molecule has 0 amide bonds. The maximum Gasteiger partial charge on any atom is 0.282 e. The van der Waals surface area contributed by atoms with Crippen molar-refractivity contribution in [2.24, 2.45) is 11.0 Å². The minimum Gasteiger partial charge on any atom is -0.267 e. The smallest absolute Gasteiger partial charge is 0.267 e. The predicted octanol–water partition coefficient (Wildman–Crippen LogP) is 3.34. The summed E-state index contributed by atoms with van der Waals surface area (Å²) in [4.78, 5) is 18.6. The molecule has 0 aliphatic heterocycles. The van der Waals surface area contributed by atoms with Crippen LogP contribution >= 0.6 is 11.3 Å². The van der Waals surface area contributed by atoms with Gasteiger partial charge in [-0.3, -0.25) is 4.79 Å². The van der Waals surface area contributed by atoms with E-state index < -0.39 is 0 Å². The van der Waals surface area contributed by atoms with Gasteiger partial charge in [-0.2, -0.15) is 9.78 Å². The van der Waals surface area contributed by atoms with Gasteiger partial charge in [-0.05, 0) is 38.2 Å². The molecule has 0 saturated heterocycles. The number of aryl methyl sites for hydroxylation is 2. The highest BCUT2D eigenvalue weighted by molar-refractivity contribution is 7.18. The summed E-state index contributed by atoms with van der Waals surface area (Å²) in [6.45, 7) is 8.22. The topological polar surface area (TPSA) is 47.2 Å². The average molecular weight is 277 g/mol. The molecule has 0 bridgehead atoms. The fourth-order valence-electron chi connectivity index (χ4n) is 1.97. The highest BCUT2D eigenvalue weighted by atomic mass is 32.1. The van der Waals surface area contributed by atoms with Crippen molar-refractivity contribution >= 4 is 27.8 Å². The maximum atomic E-state index is 12.4. The van der Waals surface area contributed by atoms with Gasteiger partial charge in [0.15, 0.2) is 0 Å². The number of thiophene rings is 1. The highest BCUT2D eigenvalue weighted by Crippen LogP contribution is 2.25. The fourth-order valence-corrected chi connectivity index (χ4v) is 2.96. The van der Waals surface area contributed by atoms with Gasteiger partial charge in [0.25, 0.3) is 5.56 Å². The lowest BCUT2D eigenvalue weighted by atomic mass is 10.1. The van der Waals surface area contributed by atoms with E-state index in [1.807, 2.05) is 20.1 Å². The van der Waals surface area contributed by atoms with Gasteiger partial charge in [0.05, 0.1) is 5.39 Å². The first-order chi connectivity index (χ1) is 9.08. The molecule has 0 atom stereocenters. The standard InChI is InChI=1S/C14H19N3OS/c1-5-11(6-2)7-16-17-8-15-13-12(14(17)18)9(3)10(4)19-13/h7-8,11H,5-6H2,1-4H3/b16-7+. The minimum atomic E-state index is -0.0749. The lowest BCUT2D eigenvalue weighted by molar-refractivity contribution is 0.645. The van der Waals surface area contributed by atoms with Crippen LogP contribution in [0.2, 0.25) is 0 Å². The van der Waals surface area contributed by atoms with E-state index in [4.69, 9.17) is 0 Å². The molecule has 2 aromatic heterocycles. The van der Waals surface area contributed by atoms with Crippen molar-refractivity contribution in [3.8, 4) is 0 Å². The van der Waals surface area contributed by atoms with Crippen LogP contribution in [0.1, 0.15) is 37.1 Å². The summed E-state index contributed by atoms with van der Waals surface area (Å²) in [6, 6.07) is 0. The fraction of sp³-hybridized carbons (Fsp3) is 0.500. The van der Waals surface area contributed by atoms with E-state index in [2.05, 4.69) is 23.9 Å². The molecular formula is C14H19N3OS. The Bertz CT molecular complexity index is 665. The molecule has 2 aromatic rings. The predicted molar refractivity (Wildman–Crippen MR) is 81.3 cm³/mol. The normalized spacial score (nSPS) is 12.1. The van der Waals surface area contributed by atoms with E-state index in [0.717, 1.165) is 28.1 Å². The summed E-state index contributed by atoms with van der Waals surface area (Å²) in [5.74, 6) is 0.410. The SMILES string of the molecule is CCC(/C=N/n1cnc2sc(C)c(C)c2c1=O)CC. The Labute approximate surface area is 116 Å². The number of aromatic nitrogens is 2. The third-order valence-electron chi connectivity index (χ3n) is 3.52. The van der Waals surface area contributed by atoms with E-state index in [-0.39, 0.29) is 5.56 Å². The number of fused-ring (bicyclic) bond motifs is 1. The number of rotatable bonds is 4. The number of hydrogen-bond donors (Lipinski definition) is 0. The lowest BCUT2D eigenvalue weighted by Gasteiger charge is -2.04.